The van der Waals surface area contributed by atoms with E-state index in [1.165, 1.54) is 0 Å². The Balaban J connectivity index is 1.95. The molecule has 0 radical (unpaired) electrons. The fourth-order valence-corrected chi connectivity index (χ4v) is 1.88. The number of nitrogens with two attached hydrogens (primary N) is 1. The third kappa shape index (κ3) is 2.92. The van der Waals surface area contributed by atoms with E-state index in [1.807, 2.05) is 18.2 Å². The van der Waals surface area contributed by atoms with Gasteiger partial charge in [-0.3, -0.25) is 0 Å². The van der Waals surface area contributed by atoms with Gasteiger partial charge in [0.25, 0.3) is 6.01 Å². The van der Waals surface area contributed by atoms with Crippen LogP contribution in [0.15, 0.2) is 22.6 Å². The fourth-order valence-electron chi connectivity index (χ4n) is 1.88. The number of nitrogens with one attached hydrogen (secondary N) is 1. The summed E-state index contributed by atoms with van der Waals surface area (Å²) in [5.74, 6) is 0. The smallest absolute Gasteiger partial charge is 0.295 e. The van der Waals surface area contributed by atoms with Crippen LogP contribution in [0.25, 0.3) is 11.1 Å². The number of nitrogen functional groups attached to an aromatic ring is 1. The molecule has 2 rings (SSSR count). The molecule has 0 fully saturated rings. The molecule has 0 saturated heterocycles. The summed E-state index contributed by atoms with van der Waals surface area (Å²) in [4.78, 5) is 6.69. The second-order valence-corrected chi connectivity index (χ2v) is 4.20. The predicted octanol–water partition coefficient (Wildman–Crippen LogP) is 2.16. The van der Waals surface area contributed by atoms with Gasteiger partial charge in [0.05, 0.1) is 0 Å². The van der Waals surface area contributed by atoms with Gasteiger partial charge < -0.3 is 20.4 Å². The fraction of sp³-hybridized carbons (Fsp3) is 0.462. The average Bonchev–Trinajstić information content (AvgIpc) is 2.76. The zero-order chi connectivity index (χ0) is 13.0. The summed E-state index contributed by atoms with van der Waals surface area (Å²) in [6.07, 6.45) is 0. The second-order valence-electron chi connectivity index (χ2n) is 4.20. The highest BCUT2D eigenvalue weighted by atomic mass is 16.4. The Bertz CT molecular complexity index is 505. The monoisotopic (exact) mass is 248 g/mol. The normalized spacial score (nSPS) is 11.3. The first-order valence-corrected chi connectivity index (χ1v) is 6.35. The number of likely N-dealkylation sites (N-methyl/N-ethyl adjacent to an activating group) is 1. The zero-order valence-electron chi connectivity index (χ0n) is 10.9. The molecule has 0 saturated carbocycles. The van der Waals surface area contributed by atoms with Crippen molar-refractivity contribution >= 4 is 22.8 Å². The molecule has 18 heavy (non-hydrogen) atoms. The van der Waals surface area contributed by atoms with Crippen LogP contribution in [-0.2, 0) is 0 Å². The van der Waals surface area contributed by atoms with Crippen molar-refractivity contribution in [2.75, 3.05) is 37.2 Å². The molecule has 5 nitrogen and oxygen atoms in total. The lowest BCUT2D eigenvalue weighted by molar-refractivity contribution is 0.315. The van der Waals surface area contributed by atoms with Gasteiger partial charge in [-0.15, -0.1) is 0 Å². The van der Waals surface area contributed by atoms with Crippen LogP contribution in [0.4, 0.5) is 11.7 Å². The first-order chi connectivity index (χ1) is 8.72. The largest absolute Gasteiger partial charge is 0.424 e. The Kier molecular flexibility index (Phi) is 4.04. The van der Waals surface area contributed by atoms with Crippen molar-refractivity contribution in [1.29, 1.82) is 0 Å². The van der Waals surface area contributed by atoms with E-state index < -0.39 is 0 Å². The molecule has 0 unspecified atom stereocenters. The summed E-state index contributed by atoms with van der Waals surface area (Å²) < 4.78 is 5.58. The third-order valence-corrected chi connectivity index (χ3v) is 3.01. The Labute approximate surface area is 107 Å². The molecule has 0 spiro atoms. The lowest BCUT2D eigenvalue weighted by Gasteiger charge is -2.17. The SMILES string of the molecule is CCN(CC)CCNc1nc2cc(N)ccc2o1. The molecule has 0 amide bonds. The van der Waals surface area contributed by atoms with E-state index in [1.54, 1.807) is 0 Å². The molecule has 3 N–H and O–H groups in total. The summed E-state index contributed by atoms with van der Waals surface area (Å²) >= 11 is 0. The first-order valence-electron chi connectivity index (χ1n) is 6.35. The van der Waals surface area contributed by atoms with Crippen LogP contribution in [0.3, 0.4) is 0 Å². The number of oxazole rings is 1. The first kappa shape index (κ1) is 12.7. The van der Waals surface area contributed by atoms with Crippen LogP contribution in [0.2, 0.25) is 0 Å². The molecule has 1 heterocycles. The third-order valence-electron chi connectivity index (χ3n) is 3.01. The highest BCUT2D eigenvalue weighted by Gasteiger charge is 2.05. The molecule has 0 aliphatic rings. The van der Waals surface area contributed by atoms with Gasteiger partial charge in [-0.25, -0.2) is 0 Å². The van der Waals surface area contributed by atoms with Gasteiger partial charge in [0.2, 0.25) is 0 Å². The Hall–Kier alpha value is -1.75. The van der Waals surface area contributed by atoms with Gasteiger partial charge in [-0.1, -0.05) is 13.8 Å². The number of aromatic nitrogens is 1. The minimum atomic E-state index is 0.558. The van der Waals surface area contributed by atoms with Gasteiger partial charge in [-0.05, 0) is 31.3 Å². The van der Waals surface area contributed by atoms with Crippen LogP contribution >= 0.6 is 0 Å². The quantitative estimate of drug-likeness (QED) is 0.767. The number of fused-ring (bicyclic) bond motifs is 1. The summed E-state index contributed by atoms with van der Waals surface area (Å²) in [7, 11) is 0. The van der Waals surface area contributed by atoms with Gasteiger partial charge in [0, 0.05) is 18.8 Å². The number of hydrogen-bond acceptors (Lipinski definition) is 5. The lowest BCUT2D eigenvalue weighted by atomic mass is 10.3. The van der Waals surface area contributed by atoms with E-state index in [0.29, 0.717) is 11.7 Å². The summed E-state index contributed by atoms with van der Waals surface area (Å²) in [6, 6.07) is 6.03. The molecule has 1 aromatic carbocycles. The maximum absolute atomic E-state index is 5.70. The second kappa shape index (κ2) is 5.73. The molecule has 0 aliphatic carbocycles. The van der Waals surface area contributed by atoms with Crippen LogP contribution < -0.4 is 11.1 Å². The van der Waals surface area contributed by atoms with Crippen molar-refractivity contribution in [3.63, 3.8) is 0 Å². The van der Waals surface area contributed by atoms with Gasteiger partial charge in [0.15, 0.2) is 5.58 Å². The minimum absolute atomic E-state index is 0.558. The Morgan fingerprint density at radius 3 is 2.83 bits per heavy atom. The number of hydrogen-bond donors (Lipinski definition) is 2. The summed E-state index contributed by atoms with van der Waals surface area (Å²) in [5.41, 5.74) is 7.95. The number of benzene rings is 1. The Morgan fingerprint density at radius 1 is 1.33 bits per heavy atom. The van der Waals surface area contributed by atoms with Crippen molar-refractivity contribution in [2.45, 2.75) is 13.8 Å². The zero-order valence-corrected chi connectivity index (χ0v) is 10.9. The Morgan fingerprint density at radius 2 is 2.11 bits per heavy atom. The number of nitrogens with zero attached hydrogens (tertiary/aromatic N) is 2. The van der Waals surface area contributed by atoms with Crippen molar-refractivity contribution in [3.8, 4) is 0 Å². The molecule has 0 atom stereocenters. The van der Waals surface area contributed by atoms with E-state index in [9.17, 15) is 0 Å². The predicted molar refractivity (Wildman–Crippen MR) is 74.7 cm³/mol. The van der Waals surface area contributed by atoms with Crippen molar-refractivity contribution < 1.29 is 4.42 Å². The van der Waals surface area contributed by atoms with Crippen molar-refractivity contribution in [2.24, 2.45) is 0 Å². The molecule has 1 aromatic heterocycles. The van der Waals surface area contributed by atoms with Crippen LogP contribution in [0, 0.1) is 0 Å². The minimum Gasteiger partial charge on any atom is -0.424 e. The number of anilines is 2. The summed E-state index contributed by atoms with van der Waals surface area (Å²) in [5, 5.41) is 3.19. The van der Waals surface area contributed by atoms with E-state index in [4.69, 9.17) is 10.2 Å². The average molecular weight is 248 g/mol. The van der Waals surface area contributed by atoms with Crippen LogP contribution in [0.1, 0.15) is 13.8 Å². The molecular formula is C13H20N4O. The van der Waals surface area contributed by atoms with E-state index >= 15 is 0 Å². The van der Waals surface area contributed by atoms with Crippen LogP contribution in [0.5, 0.6) is 0 Å². The molecule has 5 heteroatoms. The van der Waals surface area contributed by atoms with Crippen LogP contribution in [-0.4, -0.2) is 36.1 Å². The topological polar surface area (TPSA) is 67.3 Å². The molecule has 0 aliphatic heterocycles. The summed E-state index contributed by atoms with van der Waals surface area (Å²) in [6.45, 7) is 8.24. The van der Waals surface area contributed by atoms with Crippen molar-refractivity contribution in [1.82, 2.24) is 9.88 Å². The van der Waals surface area contributed by atoms with E-state index in [2.05, 4.69) is 29.0 Å². The van der Waals surface area contributed by atoms with Crippen molar-refractivity contribution in [3.05, 3.63) is 18.2 Å². The van der Waals surface area contributed by atoms with Gasteiger partial charge >= 0.3 is 0 Å². The molecular weight excluding hydrogens is 228 g/mol. The highest BCUT2D eigenvalue weighted by molar-refractivity contribution is 5.78. The molecule has 2 aromatic rings. The number of rotatable bonds is 6. The van der Waals surface area contributed by atoms with E-state index in [-0.39, 0.29) is 0 Å². The standard InChI is InChI=1S/C13H20N4O/c1-3-17(4-2)8-7-15-13-16-11-9-10(14)5-6-12(11)18-13/h5-6,9H,3-4,7-8,14H2,1-2H3,(H,15,16). The van der Waals surface area contributed by atoms with E-state index in [0.717, 1.165) is 37.3 Å². The maximum atomic E-state index is 5.70. The maximum Gasteiger partial charge on any atom is 0.295 e. The molecule has 0 bridgehead atoms. The lowest BCUT2D eigenvalue weighted by Crippen LogP contribution is -2.28. The molecule has 98 valence electrons. The van der Waals surface area contributed by atoms with Gasteiger partial charge in [-0.2, -0.15) is 4.98 Å². The van der Waals surface area contributed by atoms with Gasteiger partial charge in [0.1, 0.15) is 5.52 Å². The highest BCUT2D eigenvalue weighted by Crippen LogP contribution is 2.20.